The molecule has 2 aromatic carbocycles. The molecule has 2 heterocycles. The van der Waals surface area contributed by atoms with Crippen LogP contribution in [0.5, 0.6) is 17.2 Å². The second-order valence-electron chi connectivity index (χ2n) is 7.55. The number of rotatable bonds is 8. The maximum absolute atomic E-state index is 12.8. The zero-order chi connectivity index (χ0) is 24.8. The number of aromatic nitrogens is 1. The minimum atomic E-state index is -0.303. The van der Waals surface area contributed by atoms with Crippen LogP contribution in [-0.2, 0) is 9.53 Å². The SMILES string of the molecule is COc1cc(NC(=O)/C=C/c2sc(N3CCOCC3)nc2-c2ccc(Cl)cc2)cc(OC)c1OC. The summed E-state index contributed by atoms with van der Waals surface area (Å²) in [6.45, 7) is 2.88. The predicted molar refractivity (Wildman–Crippen MR) is 139 cm³/mol. The number of anilines is 2. The van der Waals surface area contributed by atoms with Crippen molar-refractivity contribution in [2.24, 2.45) is 0 Å². The van der Waals surface area contributed by atoms with Crippen LogP contribution in [0.2, 0.25) is 5.02 Å². The van der Waals surface area contributed by atoms with E-state index in [1.807, 2.05) is 24.3 Å². The Morgan fingerprint density at radius 1 is 1.09 bits per heavy atom. The maximum atomic E-state index is 12.8. The van der Waals surface area contributed by atoms with Gasteiger partial charge in [-0.15, -0.1) is 0 Å². The number of methoxy groups -OCH3 is 3. The van der Waals surface area contributed by atoms with Crippen molar-refractivity contribution in [2.75, 3.05) is 57.8 Å². The average Bonchev–Trinajstić information content (AvgIpc) is 3.32. The molecule has 1 saturated heterocycles. The fourth-order valence-corrected chi connectivity index (χ4v) is 4.79. The molecule has 184 valence electrons. The lowest BCUT2D eigenvalue weighted by atomic mass is 10.1. The first-order valence-corrected chi connectivity index (χ1v) is 12.1. The monoisotopic (exact) mass is 515 g/mol. The van der Waals surface area contributed by atoms with E-state index in [9.17, 15) is 4.79 Å². The van der Waals surface area contributed by atoms with Gasteiger partial charge in [0.15, 0.2) is 16.6 Å². The summed E-state index contributed by atoms with van der Waals surface area (Å²) in [6.07, 6.45) is 3.26. The zero-order valence-corrected chi connectivity index (χ0v) is 21.2. The van der Waals surface area contributed by atoms with E-state index in [0.29, 0.717) is 41.2 Å². The maximum Gasteiger partial charge on any atom is 0.248 e. The van der Waals surface area contributed by atoms with Crippen LogP contribution in [0.3, 0.4) is 0 Å². The van der Waals surface area contributed by atoms with Gasteiger partial charge in [-0.3, -0.25) is 4.79 Å². The molecule has 0 atom stereocenters. The summed E-state index contributed by atoms with van der Waals surface area (Å²) in [5, 5.41) is 4.39. The Morgan fingerprint density at radius 3 is 2.34 bits per heavy atom. The second-order valence-corrected chi connectivity index (χ2v) is 9.00. The molecule has 0 spiro atoms. The van der Waals surface area contributed by atoms with Crippen LogP contribution < -0.4 is 24.4 Å². The van der Waals surface area contributed by atoms with Crippen molar-refractivity contribution in [1.82, 2.24) is 4.98 Å². The quantitative estimate of drug-likeness (QED) is 0.424. The first-order valence-electron chi connectivity index (χ1n) is 10.9. The van der Waals surface area contributed by atoms with Crippen molar-refractivity contribution in [3.63, 3.8) is 0 Å². The minimum absolute atomic E-state index is 0.303. The largest absolute Gasteiger partial charge is 0.493 e. The molecule has 0 bridgehead atoms. The number of hydrogen-bond acceptors (Lipinski definition) is 8. The highest BCUT2D eigenvalue weighted by Gasteiger charge is 2.19. The number of benzene rings is 2. The zero-order valence-electron chi connectivity index (χ0n) is 19.7. The highest BCUT2D eigenvalue weighted by Crippen LogP contribution is 2.40. The van der Waals surface area contributed by atoms with Crippen molar-refractivity contribution in [2.45, 2.75) is 0 Å². The fourth-order valence-electron chi connectivity index (χ4n) is 3.63. The van der Waals surface area contributed by atoms with Gasteiger partial charge in [-0.1, -0.05) is 35.1 Å². The number of carbonyl (C=O) groups excluding carboxylic acids is 1. The fraction of sp³-hybridized carbons (Fsp3) is 0.280. The summed E-state index contributed by atoms with van der Waals surface area (Å²) < 4.78 is 21.5. The van der Waals surface area contributed by atoms with Gasteiger partial charge in [0.1, 0.15) is 0 Å². The van der Waals surface area contributed by atoms with Crippen molar-refractivity contribution < 1.29 is 23.7 Å². The molecule has 10 heteroatoms. The molecule has 0 unspecified atom stereocenters. The Balaban J connectivity index is 1.59. The predicted octanol–water partition coefficient (Wildman–Crippen LogP) is 4.98. The smallest absolute Gasteiger partial charge is 0.248 e. The third kappa shape index (κ3) is 5.87. The molecule has 1 aliphatic heterocycles. The van der Waals surface area contributed by atoms with Crippen LogP contribution in [0, 0.1) is 0 Å². The first kappa shape index (κ1) is 24.8. The summed E-state index contributed by atoms with van der Waals surface area (Å²) >= 11 is 7.61. The van der Waals surface area contributed by atoms with Gasteiger partial charge in [0.05, 0.1) is 45.1 Å². The van der Waals surface area contributed by atoms with Crippen molar-refractivity contribution >= 4 is 45.7 Å². The van der Waals surface area contributed by atoms with E-state index in [2.05, 4.69) is 10.2 Å². The van der Waals surface area contributed by atoms with Crippen LogP contribution in [0.25, 0.3) is 17.3 Å². The van der Waals surface area contributed by atoms with Gasteiger partial charge < -0.3 is 29.2 Å². The van der Waals surface area contributed by atoms with Crippen LogP contribution in [0.15, 0.2) is 42.5 Å². The minimum Gasteiger partial charge on any atom is -0.493 e. The lowest BCUT2D eigenvalue weighted by Crippen LogP contribution is -2.36. The molecule has 35 heavy (non-hydrogen) atoms. The van der Waals surface area contributed by atoms with Gasteiger partial charge in [-0.2, -0.15) is 0 Å². The Bertz CT molecular complexity index is 1180. The number of amides is 1. The van der Waals surface area contributed by atoms with Gasteiger partial charge >= 0.3 is 0 Å². The molecular weight excluding hydrogens is 490 g/mol. The number of ether oxygens (including phenoxy) is 4. The summed E-state index contributed by atoms with van der Waals surface area (Å²) in [5.41, 5.74) is 2.24. The van der Waals surface area contributed by atoms with E-state index in [-0.39, 0.29) is 5.91 Å². The van der Waals surface area contributed by atoms with Crippen LogP contribution in [-0.4, -0.2) is 58.5 Å². The molecule has 8 nitrogen and oxygen atoms in total. The summed E-state index contributed by atoms with van der Waals surface area (Å²) in [4.78, 5) is 20.7. The van der Waals surface area contributed by atoms with Gasteiger partial charge in [0.25, 0.3) is 0 Å². The Labute approximate surface area is 213 Å². The molecule has 1 N–H and O–H groups in total. The normalized spacial score (nSPS) is 13.7. The summed E-state index contributed by atoms with van der Waals surface area (Å²) in [6, 6.07) is 10.9. The van der Waals surface area contributed by atoms with Crippen LogP contribution in [0.4, 0.5) is 10.8 Å². The Hall–Kier alpha value is -3.27. The van der Waals surface area contributed by atoms with Gasteiger partial charge in [-0.05, 0) is 18.2 Å². The number of nitrogens with zero attached hydrogens (tertiary/aromatic N) is 2. The van der Waals surface area contributed by atoms with Crippen molar-refractivity contribution in [3.8, 4) is 28.5 Å². The number of carbonyl (C=O) groups is 1. The van der Waals surface area contributed by atoms with E-state index in [0.717, 1.165) is 34.4 Å². The van der Waals surface area contributed by atoms with Gasteiger partial charge in [0.2, 0.25) is 11.7 Å². The number of thiazole rings is 1. The molecule has 1 aromatic heterocycles. The summed E-state index contributed by atoms with van der Waals surface area (Å²) in [5.74, 6) is 1.06. The van der Waals surface area contributed by atoms with E-state index in [4.69, 9.17) is 35.5 Å². The van der Waals surface area contributed by atoms with E-state index in [1.54, 1.807) is 18.2 Å². The molecule has 1 fully saturated rings. The van der Waals surface area contributed by atoms with E-state index < -0.39 is 0 Å². The Morgan fingerprint density at radius 2 is 1.74 bits per heavy atom. The van der Waals surface area contributed by atoms with Crippen molar-refractivity contribution in [1.29, 1.82) is 0 Å². The molecular formula is C25H26ClN3O5S. The van der Waals surface area contributed by atoms with Crippen LogP contribution >= 0.6 is 22.9 Å². The lowest BCUT2D eigenvalue weighted by Gasteiger charge is -2.26. The first-order chi connectivity index (χ1) is 17.0. The Kier molecular flexibility index (Phi) is 8.12. The van der Waals surface area contributed by atoms with Crippen LogP contribution in [0.1, 0.15) is 4.88 Å². The van der Waals surface area contributed by atoms with Gasteiger partial charge in [-0.25, -0.2) is 4.98 Å². The number of hydrogen-bond donors (Lipinski definition) is 1. The van der Waals surface area contributed by atoms with Gasteiger partial charge in [0, 0.05) is 47.6 Å². The molecule has 1 amide bonds. The standard InChI is InChI=1S/C25H26ClN3O5S/c1-31-19-14-18(15-20(32-2)24(19)33-3)27-22(30)9-8-21-23(16-4-6-17(26)7-5-16)28-25(35-21)29-10-12-34-13-11-29/h4-9,14-15H,10-13H2,1-3H3,(H,27,30)/b9-8+. The highest BCUT2D eigenvalue weighted by atomic mass is 35.5. The molecule has 0 radical (unpaired) electrons. The van der Waals surface area contributed by atoms with E-state index >= 15 is 0 Å². The topological polar surface area (TPSA) is 82.2 Å². The molecule has 0 aliphatic carbocycles. The third-order valence-corrected chi connectivity index (χ3v) is 6.69. The second kappa shape index (κ2) is 11.4. The highest BCUT2D eigenvalue weighted by molar-refractivity contribution is 7.17. The average molecular weight is 516 g/mol. The molecule has 3 aromatic rings. The molecule has 1 aliphatic rings. The number of nitrogens with one attached hydrogen (secondary N) is 1. The number of halogens is 1. The third-order valence-electron chi connectivity index (χ3n) is 5.36. The van der Waals surface area contributed by atoms with E-state index in [1.165, 1.54) is 38.7 Å². The molecule has 0 saturated carbocycles. The molecule has 4 rings (SSSR count). The number of morpholine rings is 1. The lowest BCUT2D eigenvalue weighted by molar-refractivity contribution is -0.111. The van der Waals surface area contributed by atoms with Crippen molar-refractivity contribution in [3.05, 3.63) is 52.4 Å². The summed E-state index contributed by atoms with van der Waals surface area (Å²) in [7, 11) is 4.58.